The van der Waals surface area contributed by atoms with E-state index in [1.54, 1.807) is 10.8 Å². The number of anilines is 1. The van der Waals surface area contributed by atoms with Gasteiger partial charge in [-0.1, -0.05) is 0 Å². The van der Waals surface area contributed by atoms with Crippen LogP contribution >= 0.6 is 0 Å². The van der Waals surface area contributed by atoms with Crippen LogP contribution in [-0.2, 0) is 16.1 Å². The number of benzene rings is 1. The average Bonchev–Trinajstić information content (AvgIpc) is 3.26. The molecule has 166 valence electrons. The Morgan fingerprint density at radius 2 is 1.97 bits per heavy atom. The van der Waals surface area contributed by atoms with E-state index in [4.69, 9.17) is 0 Å². The van der Waals surface area contributed by atoms with Crippen molar-refractivity contribution in [1.82, 2.24) is 19.8 Å². The molecule has 2 aromatic rings. The van der Waals surface area contributed by atoms with Crippen molar-refractivity contribution in [1.29, 1.82) is 0 Å². The van der Waals surface area contributed by atoms with Crippen molar-refractivity contribution in [3.8, 4) is 0 Å². The highest BCUT2D eigenvalue weighted by molar-refractivity contribution is 6.08. The van der Waals surface area contributed by atoms with Crippen molar-refractivity contribution in [3.63, 3.8) is 0 Å². The number of fused-ring (bicyclic) bond motifs is 1. The molecular weight excluding hydrogens is 424 g/mol. The van der Waals surface area contributed by atoms with E-state index in [0.29, 0.717) is 0 Å². The van der Waals surface area contributed by atoms with Crippen LogP contribution in [-0.4, -0.2) is 44.1 Å². The van der Waals surface area contributed by atoms with Crippen LogP contribution in [0.25, 0.3) is 0 Å². The number of carbonyl (C=O) groups is 4. The summed E-state index contributed by atoms with van der Waals surface area (Å²) in [4.78, 5) is 54.2. The quantitative estimate of drug-likeness (QED) is 0.701. The molecule has 0 radical (unpaired) electrons. The molecule has 1 aromatic carbocycles. The molecule has 3 heterocycles. The summed E-state index contributed by atoms with van der Waals surface area (Å²) >= 11 is 0. The zero-order chi connectivity index (χ0) is 22.6. The molecular formula is C21H19F2N5O4. The van der Waals surface area contributed by atoms with Gasteiger partial charge in [0.25, 0.3) is 11.8 Å². The average molecular weight is 443 g/mol. The van der Waals surface area contributed by atoms with Crippen LogP contribution < -0.4 is 10.6 Å². The number of carbonyl (C=O) groups excluding carboxylic acids is 4. The Kier molecular flexibility index (Phi) is 4.75. The smallest absolute Gasteiger partial charge is 0.263 e. The lowest BCUT2D eigenvalue weighted by Crippen LogP contribution is -2.52. The fraction of sp³-hybridized carbons (Fsp3) is 0.381. The van der Waals surface area contributed by atoms with E-state index in [-0.39, 0.29) is 42.5 Å². The second-order valence-electron chi connectivity index (χ2n) is 8.17. The molecule has 2 fully saturated rings. The summed E-state index contributed by atoms with van der Waals surface area (Å²) in [5.41, 5.74) is -1.21. The minimum atomic E-state index is -1.18. The Labute approximate surface area is 180 Å². The van der Waals surface area contributed by atoms with Gasteiger partial charge in [-0.05, 0) is 31.7 Å². The van der Waals surface area contributed by atoms with Crippen molar-refractivity contribution in [2.24, 2.45) is 0 Å². The second-order valence-corrected chi connectivity index (χ2v) is 8.17. The van der Waals surface area contributed by atoms with E-state index < -0.39 is 46.9 Å². The molecule has 9 nitrogen and oxygen atoms in total. The fourth-order valence-corrected chi connectivity index (χ4v) is 4.38. The van der Waals surface area contributed by atoms with Gasteiger partial charge in [0, 0.05) is 30.4 Å². The number of aromatic nitrogens is 2. The SMILES string of the molecule is O=C1CCC(N2Cc3c(cc(F)c(C(=O)Nc4nccn4C4CCC4)c3F)C2=O)C(=O)N1. The van der Waals surface area contributed by atoms with Crippen molar-refractivity contribution in [3.05, 3.63) is 46.8 Å². The lowest BCUT2D eigenvalue weighted by molar-refractivity contribution is -0.136. The van der Waals surface area contributed by atoms with Gasteiger partial charge in [0.05, 0.1) is 12.1 Å². The van der Waals surface area contributed by atoms with Crippen LogP contribution in [0.5, 0.6) is 0 Å². The number of hydrogen-bond donors (Lipinski definition) is 2. The lowest BCUT2D eigenvalue weighted by atomic mass is 9.93. The fourth-order valence-electron chi connectivity index (χ4n) is 4.38. The molecule has 1 unspecified atom stereocenters. The van der Waals surface area contributed by atoms with Gasteiger partial charge in [-0.2, -0.15) is 0 Å². The molecule has 0 spiro atoms. The molecule has 4 amide bonds. The minimum Gasteiger partial charge on any atom is -0.322 e. The first-order valence-corrected chi connectivity index (χ1v) is 10.3. The highest BCUT2D eigenvalue weighted by Crippen LogP contribution is 2.35. The molecule has 11 heteroatoms. The molecule has 1 aromatic heterocycles. The van der Waals surface area contributed by atoms with Crippen molar-refractivity contribution in [2.45, 2.75) is 50.7 Å². The van der Waals surface area contributed by atoms with E-state index in [2.05, 4.69) is 15.6 Å². The molecule has 0 bridgehead atoms. The van der Waals surface area contributed by atoms with E-state index in [1.807, 2.05) is 0 Å². The lowest BCUT2D eigenvalue weighted by Gasteiger charge is -2.29. The summed E-state index contributed by atoms with van der Waals surface area (Å²) in [6.45, 7) is -0.302. The highest BCUT2D eigenvalue weighted by atomic mass is 19.1. The topological polar surface area (TPSA) is 113 Å². The van der Waals surface area contributed by atoms with Gasteiger partial charge in [-0.3, -0.25) is 29.8 Å². The Hall–Kier alpha value is -3.63. The number of rotatable bonds is 4. The largest absolute Gasteiger partial charge is 0.322 e. The summed E-state index contributed by atoms with van der Waals surface area (Å²) in [6.07, 6.45) is 6.24. The maximum atomic E-state index is 15.3. The molecule has 1 aliphatic carbocycles. The normalized spacial score (nSPS) is 20.8. The first-order chi connectivity index (χ1) is 15.3. The number of imide groups is 1. The molecule has 1 saturated heterocycles. The maximum Gasteiger partial charge on any atom is 0.263 e. The number of halogens is 2. The van der Waals surface area contributed by atoms with Crippen LogP contribution in [0.2, 0.25) is 0 Å². The predicted octanol–water partition coefficient (Wildman–Crippen LogP) is 1.90. The van der Waals surface area contributed by atoms with Gasteiger partial charge in [-0.15, -0.1) is 0 Å². The third-order valence-corrected chi connectivity index (χ3v) is 6.31. The van der Waals surface area contributed by atoms with E-state index in [0.717, 1.165) is 30.2 Å². The Morgan fingerprint density at radius 3 is 2.66 bits per heavy atom. The first-order valence-electron chi connectivity index (χ1n) is 10.3. The van der Waals surface area contributed by atoms with Crippen LogP contribution in [0.15, 0.2) is 18.5 Å². The summed E-state index contributed by atoms with van der Waals surface area (Å²) in [7, 11) is 0. The third kappa shape index (κ3) is 3.15. The highest BCUT2D eigenvalue weighted by Gasteiger charge is 2.42. The van der Waals surface area contributed by atoms with Crippen LogP contribution in [0.4, 0.5) is 14.7 Å². The monoisotopic (exact) mass is 443 g/mol. The van der Waals surface area contributed by atoms with Gasteiger partial charge >= 0.3 is 0 Å². The standard InChI is InChI=1S/C21H19F2N5O4/c22-13-8-11-12(9-28(20(11)32)14-4-5-15(29)25-18(14)30)17(23)16(13)19(31)26-21-24-6-7-27(21)10-2-1-3-10/h6-8,10,14H,1-5,9H2,(H,24,26,31)(H,25,29,30). The molecule has 2 N–H and O–H groups in total. The zero-order valence-electron chi connectivity index (χ0n) is 16.9. The number of hydrogen-bond acceptors (Lipinski definition) is 5. The molecule has 32 heavy (non-hydrogen) atoms. The molecule has 3 aliphatic rings. The maximum absolute atomic E-state index is 15.3. The van der Waals surface area contributed by atoms with Crippen LogP contribution in [0, 0.1) is 11.6 Å². The van der Waals surface area contributed by atoms with Crippen molar-refractivity contribution < 1.29 is 28.0 Å². The molecule has 1 saturated carbocycles. The third-order valence-electron chi connectivity index (χ3n) is 6.31. The van der Waals surface area contributed by atoms with Gasteiger partial charge in [-0.25, -0.2) is 13.8 Å². The van der Waals surface area contributed by atoms with Crippen LogP contribution in [0.1, 0.15) is 64.4 Å². The Balaban J connectivity index is 1.42. The summed E-state index contributed by atoms with van der Waals surface area (Å²) in [5.74, 6) is -4.99. The van der Waals surface area contributed by atoms with Crippen molar-refractivity contribution >= 4 is 29.6 Å². The second kappa shape index (κ2) is 7.50. The molecule has 5 rings (SSSR count). The number of amides is 4. The van der Waals surface area contributed by atoms with E-state index in [1.165, 1.54) is 6.20 Å². The summed E-state index contributed by atoms with van der Waals surface area (Å²) in [5, 5.41) is 4.60. The van der Waals surface area contributed by atoms with Crippen LogP contribution in [0.3, 0.4) is 0 Å². The number of imidazole rings is 1. The Bertz CT molecular complexity index is 1170. The number of nitrogens with zero attached hydrogens (tertiary/aromatic N) is 3. The summed E-state index contributed by atoms with van der Waals surface area (Å²) in [6, 6.07) is 0.0319. The van der Waals surface area contributed by atoms with Crippen molar-refractivity contribution in [2.75, 3.05) is 5.32 Å². The molecule has 1 atom stereocenters. The number of piperidine rings is 1. The van der Waals surface area contributed by atoms with Gasteiger partial charge in [0.15, 0.2) is 0 Å². The Morgan fingerprint density at radius 1 is 1.19 bits per heavy atom. The minimum absolute atomic E-state index is 0.0364. The zero-order valence-corrected chi connectivity index (χ0v) is 16.9. The molecule has 2 aliphatic heterocycles. The van der Waals surface area contributed by atoms with Gasteiger partial charge in [0.1, 0.15) is 23.2 Å². The first kappa shape index (κ1) is 20.3. The number of nitrogens with one attached hydrogen (secondary N) is 2. The van der Waals surface area contributed by atoms with E-state index >= 15 is 4.39 Å². The van der Waals surface area contributed by atoms with Gasteiger partial charge in [0.2, 0.25) is 17.8 Å². The predicted molar refractivity (Wildman–Crippen MR) is 105 cm³/mol. The van der Waals surface area contributed by atoms with E-state index in [9.17, 15) is 23.6 Å². The summed E-state index contributed by atoms with van der Waals surface area (Å²) < 4.78 is 31.8. The van der Waals surface area contributed by atoms with Gasteiger partial charge < -0.3 is 9.47 Å².